The third kappa shape index (κ3) is 5.20. The van der Waals surface area contributed by atoms with Gasteiger partial charge < -0.3 is 19.1 Å². The van der Waals surface area contributed by atoms with E-state index in [1.807, 2.05) is 23.1 Å². The summed E-state index contributed by atoms with van der Waals surface area (Å²) in [5.74, 6) is 1.47. The van der Waals surface area contributed by atoms with Gasteiger partial charge in [0, 0.05) is 51.4 Å². The summed E-state index contributed by atoms with van der Waals surface area (Å²) in [6, 6.07) is 12.9. The summed E-state index contributed by atoms with van der Waals surface area (Å²) < 4.78 is 42.8. The first-order chi connectivity index (χ1) is 16.5. The smallest absolute Gasteiger partial charge is 0.253 e. The summed E-state index contributed by atoms with van der Waals surface area (Å²) >= 11 is 0. The van der Waals surface area contributed by atoms with E-state index in [4.69, 9.17) is 14.2 Å². The van der Waals surface area contributed by atoms with E-state index in [9.17, 15) is 13.2 Å². The first-order valence-electron chi connectivity index (χ1n) is 11.5. The molecule has 0 atom stereocenters. The van der Waals surface area contributed by atoms with Crippen molar-refractivity contribution in [3.8, 4) is 11.5 Å². The highest BCUT2D eigenvalue weighted by Crippen LogP contribution is 2.32. The van der Waals surface area contributed by atoms with Crippen molar-refractivity contribution in [3.05, 3.63) is 59.2 Å². The number of hydrogen-bond donors (Lipinski definition) is 0. The number of ether oxygens (including phenoxy) is 3. The van der Waals surface area contributed by atoms with Crippen molar-refractivity contribution >= 4 is 15.9 Å². The highest BCUT2D eigenvalue weighted by atomic mass is 32.2. The number of benzene rings is 2. The summed E-state index contributed by atoms with van der Waals surface area (Å²) in [4.78, 5) is 17.2. The lowest BCUT2D eigenvalue weighted by atomic mass is 10.1. The second kappa shape index (κ2) is 9.91. The Bertz CT molecular complexity index is 1120. The van der Waals surface area contributed by atoms with E-state index < -0.39 is 10.0 Å². The van der Waals surface area contributed by atoms with Crippen LogP contribution in [0.4, 0.5) is 0 Å². The van der Waals surface area contributed by atoms with Gasteiger partial charge >= 0.3 is 0 Å². The van der Waals surface area contributed by atoms with Crippen molar-refractivity contribution in [1.82, 2.24) is 14.1 Å². The zero-order valence-corrected chi connectivity index (χ0v) is 19.8. The lowest BCUT2D eigenvalue weighted by molar-refractivity contribution is 0.0628. The molecular formula is C24H29N3O6S. The van der Waals surface area contributed by atoms with Gasteiger partial charge in [0.15, 0.2) is 11.5 Å². The normalized spacial score (nSPS) is 19.4. The molecule has 2 aromatic carbocycles. The number of fused-ring (bicyclic) bond motifs is 1. The topological polar surface area (TPSA) is 88.6 Å². The molecule has 0 bridgehead atoms. The minimum atomic E-state index is -3.39. The Balaban J connectivity index is 1.13. The maximum Gasteiger partial charge on any atom is 0.253 e. The molecule has 10 heteroatoms. The van der Waals surface area contributed by atoms with Crippen molar-refractivity contribution in [2.45, 2.75) is 12.3 Å². The van der Waals surface area contributed by atoms with Crippen LogP contribution in [0.5, 0.6) is 11.5 Å². The summed E-state index contributed by atoms with van der Waals surface area (Å²) in [7, 11) is -3.39. The standard InChI is InChI=1S/C24H29N3O6S/c28-24(21-4-1-19(2-5-21)17-34(29,30)27-11-13-31-14-12-27)26-9-7-25(8-10-26)16-20-3-6-22-23(15-20)33-18-32-22/h1-6,15H,7-14,16-18H2. The van der Waals surface area contributed by atoms with Crippen molar-refractivity contribution in [2.24, 2.45) is 0 Å². The molecule has 1 amide bonds. The zero-order chi connectivity index (χ0) is 23.5. The van der Waals surface area contributed by atoms with Gasteiger partial charge in [-0.2, -0.15) is 4.31 Å². The number of hydrogen-bond acceptors (Lipinski definition) is 7. The summed E-state index contributed by atoms with van der Waals surface area (Å²) in [5, 5.41) is 0. The van der Waals surface area contributed by atoms with Gasteiger partial charge in [-0.1, -0.05) is 18.2 Å². The van der Waals surface area contributed by atoms with E-state index >= 15 is 0 Å². The predicted octanol–water partition coefficient (Wildman–Crippen LogP) is 1.54. The molecule has 0 unspecified atom stereocenters. The van der Waals surface area contributed by atoms with Gasteiger partial charge in [0.05, 0.1) is 19.0 Å². The zero-order valence-electron chi connectivity index (χ0n) is 19.0. The molecule has 5 rings (SSSR count). The van der Waals surface area contributed by atoms with Gasteiger partial charge in [-0.05, 0) is 35.4 Å². The maximum absolute atomic E-state index is 13.0. The van der Waals surface area contributed by atoms with Gasteiger partial charge in [-0.15, -0.1) is 0 Å². The largest absolute Gasteiger partial charge is 0.454 e. The summed E-state index contributed by atoms with van der Waals surface area (Å²) in [6.45, 7) is 5.57. The Morgan fingerprint density at radius 1 is 0.824 bits per heavy atom. The number of sulfonamides is 1. The molecule has 3 aliphatic rings. The lowest BCUT2D eigenvalue weighted by Crippen LogP contribution is -2.48. The molecule has 0 N–H and O–H groups in total. The molecule has 0 aliphatic carbocycles. The Hall–Kier alpha value is -2.66. The van der Waals surface area contributed by atoms with Gasteiger partial charge in [-0.3, -0.25) is 9.69 Å². The minimum absolute atomic E-state index is 0.0229. The van der Waals surface area contributed by atoms with Crippen LogP contribution in [0.25, 0.3) is 0 Å². The van der Waals surface area contributed by atoms with Crippen LogP contribution in [0.3, 0.4) is 0 Å². The van der Waals surface area contributed by atoms with Crippen LogP contribution >= 0.6 is 0 Å². The van der Waals surface area contributed by atoms with E-state index in [1.54, 1.807) is 24.3 Å². The fourth-order valence-electron chi connectivity index (χ4n) is 4.46. The molecule has 0 spiro atoms. The SMILES string of the molecule is O=C(c1ccc(CS(=O)(=O)N2CCOCC2)cc1)N1CCN(Cc2ccc3c(c2)OCO3)CC1. The molecule has 2 fully saturated rings. The summed E-state index contributed by atoms with van der Waals surface area (Å²) in [6.07, 6.45) is 0. The molecule has 3 aliphatic heterocycles. The molecular weight excluding hydrogens is 458 g/mol. The average Bonchev–Trinajstić information content (AvgIpc) is 3.33. The molecule has 2 saturated heterocycles. The molecule has 0 radical (unpaired) electrons. The quantitative estimate of drug-likeness (QED) is 0.611. The first-order valence-corrected chi connectivity index (χ1v) is 13.1. The number of morpholine rings is 1. The average molecular weight is 488 g/mol. The molecule has 182 valence electrons. The molecule has 0 aromatic heterocycles. The van der Waals surface area contributed by atoms with Crippen LogP contribution in [0.15, 0.2) is 42.5 Å². The molecule has 34 heavy (non-hydrogen) atoms. The fraction of sp³-hybridized carbons (Fsp3) is 0.458. The van der Waals surface area contributed by atoms with Crippen LogP contribution in [-0.4, -0.2) is 87.7 Å². The molecule has 0 saturated carbocycles. The van der Waals surface area contributed by atoms with Gasteiger partial charge in [0.1, 0.15) is 0 Å². The number of carbonyl (C=O) groups excluding carboxylic acids is 1. The van der Waals surface area contributed by atoms with Crippen molar-refractivity contribution < 1.29 is 27.4 Å². The van der Waals surface area contributed by atoms with E-state index in [-0.39, 0.29) is 18.5 Å². The number of nitrogens with zero attached hydrogens (tertiary/aromatic N) is 3. The second-order valence-electron chi connectivity index (χ2n) is 8.72. The second-order valence-corrected chi connectivity index (χ2v) is 10.7. The molecule has 2 aromatic rings. The fourth-order valence-corrected chi connectivity index (χ4v) is 5.96. The third-order valence-electron chi connectivity index (χ3n) is 6.42. The number of piperazine rings is 1. The number of carbonyl (C=O) groups is 1. The van der Waals surface area contributed by atoms with Gasteiger partial charge in [0.25, 0.3) is 5.91 Å². The van der Waals surface area contributed by atoms with Crippen LogP contribution < -0.4 is 9.47 Å². The van der Waals surface area contributed by atoms with E-state index in [2.05, 4.69) is 4.90 Å². The molecule has 3 heterocycles. The predicted molar refractivity (Wildman–Crippen MR) is 125 cm³/mol. The van der Waals surface area contributed by atoms with Crippen molar-refractivity contribution in [1.29, 1.82) is 0 Å². The Morgan fingerprint density at radius 3 is 2.24 bits per heavy atom. The van der Waals surface area contributed by atoms with Crippen molar-refractivity contribution in [2.75, 3.05) is 59.3 Å². The maximum atomic E-state index is 13.0. The lowest BCUT2D eigenvalue weighted by Gasteiger charge is -2.34. The Kier molecular flexibility index (Phi) is 6.73. The monoisotopic (exact) mass is 487 g/mol. The highest BCUT2D eigenvalue weighted by molar-refractivity contribution is 7.88. The molecule has 9 nitrogen and oxygen atoms in total. The van der Waals surface area contributed by atoms with Crippen LogP contribution in [0.2, 0.25) is 0 Å². The van der Waals surface area contributed by atoms with E-state index in [0.717, 1.165) is 36.7 Å². The van der Waals surface area contributed by atoms with Crippen LogP contribution in [0.1, 0.15) is 21.5 Å². The summed E-state index contributed by atoms with van der Waals surface area (Å²) in [5.41, 5.74) is 2.42. The first kappa shape index (κ1) is 23.1. The Labute approximate surface area is 199 Å². The van der Waals surface area contributed by atoms with Crippen molar-refractivity contribution in [3.63, 3.8) is 0 Å². The number of amides is 1. The third-order valence-corrected chi connectivity index (χ3v) is 8.27. The highest BCUT2D eigenvalue weighted by Gasteiger charge is 2.26. The van der Waals surface area contributed by atoms with E-state index in [0.29, 0.717) is 50.5 Å². The van der Waals surface area contributed by atoms with Gasteiger partial charge in [-0.25, -0.2) is 8.42 Å². The minimum Gasteiger partial charge on any atom is -0.454 e. The van der Waals surface area contributed by atoms with Crippen LogP contribution in [-0.2, 0) is 27.1 Å². The number of rotatable bonds is 6. The van der Waals surface area contributed by atoms with Crippen LogP contribution in [0, 0.1) is 0 Å². The van der Waals surface area contributed by atoms with Gasteiger partial charge in [0.2, 0.25) is 16.8 Å². The van der Waals surface area contributed by atoms with E-state index in [1.165, 1.54) is 4.31 Å². The Morgan fingerprint density at radius 2 is 1.50 bits per heavy atom.